The molecule has 0 radical (unpaired) electrons. The lowest BCUT2D eigenvalue weighted by Gasteiger charge is -2.31. The molecular formula is C21H25NO4. The molecule has 3 rings (SSSR count). The molecule has 0 aliphatic carbocycles. The van der Waals surface area contributed by atoms with E-state index in [-0.39, 0.29) is 36.7 Å². The summed E-state index contributed by atoms with van der Waals surface area (Å²) < 4.78 is 11.0. The lowest BCUT2D eigenvalue weighted by Crippen LogP contribution is -2.50. The summed E-state index contributed by atoms with van der Waals surface area (Å²) in [6, 6.07) is 13.4. The Hall–Kier alpha value is -2.24. The van der Waals surface area contributed by atoms with Gasteiger partial charge in [0.15, 0.2) is 5.78 Å². The van der Waals surface area contributed by atoms with E-state index in [1.165, 1.54) is 0 Å². The monoisotopic (exact) mass is 355 g/mol. The molecule has 138 valence electrons. The number of hydrogen-bond donors (Lipinski definition) is 1. The molecule has 0 spiro atoms. The zero-order chi connectivity index (χ0) is 18.4. The SMILES string of the molecule is CCO[C@@H]1COCC[C@H]1NC(=O)CCC(=O)c1cccc2ccccc12. The van der Waals surface area contributed by atoms with Gasteiger partial charge in [-0.2, -0.15) is 0 Å². The number of benzene rings is 2. The van der Waals surface area contributed by atoms with Crippen molar-refractivity contribution in [1.82, 2.24) is 5.32 Å². The Morgan fingerprint density at radius 1 is 1.15 bits per heavy atom. The molecule has 5 nitrogen and oxygen atoms in total. The lowest BCUT2D eigenvalue weighted by molar-refractivity contribution is -0.125. The highest BCUT2D eigenvalue weighted by Gasteiger charge is 2.27. The predicted molar refractivity (Wildman–Crippen MR) is 100 cm³/mol. The first-order chi connectivity index (χ1) is 12.7. The third kappa shape index (κ3) is 4.48. The second kappa shape index (κ2) is 8.92. The van der Waals surface area contributed by atoms with Crippen molar-refractivity contribution in [2.75, 3.05) is 19.8 Å². The fraction of sp³-hybridized carbons (Fsp3) is 0.429. The van der Waals surface area contributed by atoms with Gasteiger partial charge in [0, 0.05) is 31.6 Å². The summed E-state index contributed by atoms with van der Waals surface area (Å²) in [5, 5.41) is 4.97. The van der Waals surface area contributed by atoms with Crippen molar-refractivity contribution in [2.45, 2.75) is 38.3 Å². The number of carbonyl (C=O) groups excluding carboxylic acids is 2. The molecule has 26 heavy (non-hydrogen) atoms. The molecule has 1 saturated heterocycles. The minimum Gasteiger partial charge on any atom is -0.379 e. The van der Waals surface area contributed by atoms with E-state index in [9.17, 15) is 9.59 Å². The predicted octanol–water partition coefficient (Wildman–Crippen LogP) is 3.11. The van der Waals surface area contributed by atoms with E-state index in [0.29, 0.717) is 25.4 Å². The number of carbonyl (C=O) groups is 2. The van der Waals surface area contributed by atoms with E-state index in [0.717, 1.165) is 17.2 Å². The Balaban J connectivity index is 1.57. The Bertz CT molecular complexity index is 766. The van der Waals surface area contributed by atoms with Crippen molar-refractivity contribution >= 4 is 22.5 Å². The van der Waals surface area contributed by atoms with Gasteiger partial charge in [0.05, 0.1) is 12.6 Å². The quantitative estimate of drug-likeness (QED) is 0.775. The van der Waals surface area contributed by atoms with Crippen LogP contribution in [0.5, 0.6) is 0 Å². The third-order valence-electron chi connectivity index (χ3n) is 4.70. The standard InChI is InChI=1S/C21H25NO4/c1-2-26-20-14-25-13-12-18(20)22-21(24)11-10-19(23)17-9-5-7-15-6-3-4-8-16(15)17/h3-9,18,20H,2,10-14H2,1H3,(H,22,24)/t18-,20-/m1/s1. The number of hydrogen-bond acceptors (Lipinski definition) is 4. The van der Waals surface area contributed by atoms with Crippen molar-refractivity contribution in [1.29, 1.82) is 0 Å². The van der Waals surface area contributed by atoms with Gasteiger partial charge in [0.1, 0.15) is 6.10 Å². The number of amides is 1. The van der Waals surface area contributed by atoms with Gasteiger partial charge in [-0.05, 0) is 24.1 Å². The normalized spacial score (nSPS) is 20.0. The van der Waals surface area contributed by atoms with E-state index in [1.54, 1.807) is 0 Å². The molecule has 0 unspecified atom stereocenters. The fourth-order valence-corrected chi connectivity index (χ4v) is 3.36. The molecule has 0 aromatic heterocycles. The first kappa shape index (κ1) is 18.5. The molecule has 2 aromatic carbocycles. The molecule has 1 N–H and O–H groups in total. The minimum absolute atomic E-state index is 0.00899. The van der Waals surface area contributed by atoms with Gasteiger partial charge in [0.25, 0.3) is 0 Å². The topological polar surface area (TPSA) is 64.6 Å². The Morgan fingerprint density at radius 2 is 1.96 bits per heavy atom. The van der Waals surface area contributed by atoms with Crippen LogP contribution in [0.4, 0.5) is 0 Å². The molecule has 2 atom stereocenters. The van der Waals surface area contributed by atoms with Crippen molar-refractivity contribution in [3.63, 3.8) is 0 Å². The summed E-state index contributed by atoms with van der Waals surface area (Å²) in [5.41, 5.74) is 0.675. The van der Waals surface area contributed by atoms with E-state index in [1.807, 2.05) is 49.4 Å². The van der Waals surface area contributed by atoms with E-state index in [2.05, 4.69) is 5.32 Å². The van der Waals surface area contributed by atoms with Crippen LogP contribution < -0.4 is 5.32 Å². The van der Waals surface area contributed by atoms with Crippen LogP contribution in [0, 0.1) is 0 Å². The Kier molecular flexibility index (Phi) is 6.36. The van der Waals surface area contributed by atoms with Crippen LogP contribution in [0.25, 0.3) is 10.8 Å². The van der Waals surface area contributed by atoms with Gasteiger partial charge >= 0.3 is 0 Å². The zero-order valence-corrected chi connectivity index (χ0v) is 15.1. The smallest absolute Gasteiger partial charge is 0.220 e. The summed E-state index contributed by atoms with van der Waals surface area (Å²) in [6.45, 7) is 3.62. The first-order valence-corrected chi connectivity index (χ1v) is 9.18. The van der Waals surface area contributed by atoms with Crippen LogP contribution in [-0.4, -0.2) is 43.7 Å². The maximum absolute atomic E-state index is 12.6. The highest BCUT2D eigenvalue weighted by molar-refractivity contribution is 6.08. The zero-order valence-electron chi connectivity index (χ0n) is 15.1. The van der Waals surface area contributed by atoms with E-state index < -0.39 is 0 Å². The fourth-order valence-electron chi connectivity index (χ4n) is 3.36. The largest absolute Gasteiger partial charge is 0.379 e. The van der Waals surface area contributed by atoms with Crippen LogP contribution >= 0.6 is 0 Å². The highest BCUT2D eigenvalue weighted by atomic mass is 16.5. The van der Waals surface area contributed by atoms with Gasteiger partial charge in [0.2, 0.25) is 5.91 Å². The maximum atomic E-state index is 12.6. The van der Waals surface area contributed by atoms with Crippen molar-refractivity contribution < 1.29 is 19.1 Å². The summed E-state index contributed by atoms with van der Waals surface area (Å²) in [5.74, 6) is -0.125. The maximum Gasteiger partial charge on any atom is 0.220 e. The molecular weight excluding hydrogens is 330 g/mol. The van der Waals surface area contributed by atoms with Gasteiger partial charge in [-0.15, -0.1) is 0 Å². The molecule has 2 aromatic rings. The second-order valence-corrected chi connectivity index (χ2v) is 6.48. The van der Waals surface area contributed by atoms with Crippen LogP contribution in [0.2, 0.25) is 0 Å². The van der Waals surface area contributed by atoms with Crippen molar-refractivity contribution in [2.24, 2.45) is 0 Å². The number of nitrogens with one attached hydrogen (secondary N) is 1. The number of Topliss-reactive ketones (excluding diaryl/α,β-unsaturated/α-hetero) is 1. The first-order valence-electron chi connectivity index (χ1n) is 9.18. The minimum atomic E-state index is -0.119. The van der Waals surface area contributed by atoms with Gasteiger partial charge in [-0.1, -0.05) is 42.5 Å². The summed E-state index contributed by atoms with van der Waals surface area (Å²) in [6.07, 6.45) is 0.986. The highest BCUT2D eigenvalue weighted by Crippen LogP contribution is 2.20. The molecule has 1 aliphatic heterocycles. The average molecular weight is 355 g/mol. The average Bonchev–Trinajstić information content (AvgIpc) is 2.67. The lowest BCUT2D eigenvalue weighted by atomic mass is 9.99. The number of ether oxygens (including phenoxy) is 2. The molecule has 1 aliphatic rings. The third-order valence-corrected chi connectivity index (χ3v) is 4.70. The summed E-state index contributed by atoms with van der Waals surface area (Å²) >= 11 is 0. The van der Waals surface area contributed by atoms with Gasteiger partial charge < -0.3 is 14.8 Å². The van der Waals surface area contributed by atoms with Crippen molar-refractivity contribution in [3.05, 3.63) is 48.0 Å². The van der Waals surface area contributed by atoms with Crippen LogP contribution in [-0.2, 0) is 14.3 Å². The van der Waals surface area contributed by atoms with Crippen molar-refractivity contribution in [3.8, 4) is 0 Å². The molecule has 0 saturated carbocycles. The molecule has 1 amide bonds. The Labute approximate surface area is 153 Å². The summed E-state index contributed by atoms with van der Waals surface area (Å²) in [4.78, 5) is 24.9. The van der Waals surface area contributed by atoms with Crippen LogP contribution in [0.1, 0.15) is 36.5 Å². The Morgan fingerprint density at radius 3 is 2.81 bits per heavy atom. The van der Waals surface area contributed by atoms with Gasteiger partial charge in [-0.3, -0.25) is 9.59 Å². The van der Waals surface area contributed by atoms with E-state index in [4.69, 9.17) is 9.47 Å². The van der Waals surface area contributed by atoms with Gasteiger partial charge in [-0.25, -0.2) is 0 Å². The molecule has 0 bridgehead atoms. The molecule has 1 heterocycles. The number of rotatable bonds is 7. The molecule has 1 fully saturated rings. The summed E-state index contributed by atoms with van der Waals surface area (Å²) in [7, 11) is 0. The van der Waals surface area contributed by atoms with Crippen LogP contribution in [0.3, 0.4) is 0 Å². The number of ketones is 1. The van der Waals surface area contributed by atoms with Crippen LogP contribution in [0.15, 0.2) is 42.5 Å². The molecule has 5 heteroatoms. The second-order valence-electron chi connectivity index (χ2n) is 6.48. The number of fused-ring (bicyclic) bond motifs is 1. The van der Waals surface area contributed by atoms with E-state index >= 15 is 0 Å².